The van der Waals surface area contributed by atoms with E-state index in [0.29, 0.717) is 24.7 Å². The first-order valence-electron chi connectivity index (χ1n) is 7.61. The summed E-state index contributed by atoms with van der Waals surface area (Å²) in [6.07, 6.45) is 0. The number of nitrogens with one attached hydrogen (secondary N) is 1. The molecule has 1 aromatic heterocycles. The van der Waals surface area contributed by atoms with Gasteiger partial charge in [-0.15, -0.1) is 0 Å². The molecule has 0 aliphatic carbocycles. The van der Waals surface area contributed by atoms with Crippen LogP contribution in [0.5, 0.6) is 0 Å². The van der Waals surface area contributed by atoms with E-state index in [1.54, 1.807) is 0 Å². The summed E-state index contributed by atoms with van der Waals surface area (Å²) in [4.78, 5) is 11.7. The van der Waals surface area contributed by atoms with E-state index in [2.05, 4.69) is 35.9 Å². The van der Waals surface area contributed by atoms with Gasteiger partial charge in [-0.25, -0.2) is 4.79 Å². The number of carbonyl (C=O) groups is 1. The molecule has 2 rings (SSSR count). The lowest BCUT2D eigenvalue weighted by Gasteiger charge is -2.11. The predicted octanol–water partition coefficient (Wildman–Crippen LogP) is 3.35. The highest BCUT2D eigenvalue weighted by Gasteiger charge is 2.22. The van der Waals surface area contributed by atoms with Gasteiger partial charge in [0.05, 0.1) is 5.56 Å². The molecule has 0 saturated carbocycles. The van der Waals surface area contributed by atoms with Crippen molar-refractivity contribution in [3.05, 3.63) is 58.4 Å². The SMILES string of the molecule is Cc1c(CNC(C)C)c(C(=O)O)c(C)n1Cc1ccccc1. The van der Waals surface area contributed by atoms with E-state index >= 15 is 0 Å². The lowest BCUT2D eigenvalue weighted by Crippen LogP contribution is -2.23. The Morgan fingerprint density at radius 3 is 2.36 bits per heavy atom. The van der Waals surface area contributed by atoms with Crippen LogP contribution in [0.4, 0.5) is 0 Å². The van der Waals surface area contributed by atoms with E-state index in [-0.39, 0.29) is 0 Å². The number of rotatable bonds is 6. The molecule has 0 fully saturated rings. The summed E-state index contributed by atoms with van der Waals surface area (Å²) in [5.74, 6) is -0.854. The zero-order valence-electron chi connectivity index (χ0n) is 13.7. The summed E-state index contributed by atoms with van der Waals surface area (Å²) in [5, 5.41) is 12.9. The topological polar surface area (TPSA) is 54.3 Å². The highest BCUT2D eigenvalue weighted by atomic mass is 16.4. The Morgan fingerprint density at radius 1 is 1.18 bits per heavy atom. The maximum absolute atomic E-state index is 11.7. The van der Waals surface area contributed by atoms with Crippen LogP contribution in [0, 0.1) is 13.8 Å². The molecule has 4 heteroatoms. The molecule has 0 saturated heterocycles. The van der Waals surface area contributed by atoms with Crippen molar-refractivity contribution in [1.29, 1.82) is 0 Å². The van der Waals surface area contributed by atoms with Gasteiger partial charge in [0.1, 0.15) is 0 Å². The fourth-order valence-corrected chi connectivity index (χ4v) is 2.76. The lowest BCUT2D eigenvalue weighted by atomic mass is 10.1. The molecule has 0 unspecified atom stereocenters. The molecule has 0 spiro atoms. The van der Waals surface area contributed by atoms with Gasteiger partial charge < -0.3 is 15.0 Å². The molecule has 1 heterocycles. The van der Waals surface area contributed by atoms with Gasteiger partial charge in [-0.05, 0) is 19.4 Å². The van der Waals surface area contributed by atoms with Crippen molar-refractivity contribution in [2.24, 2.45) is 0 Å². The van der Waals surface area contributed by atoms with Gasteiger partial charge in [-0.3, -0.25) is 0 Å². The van der Waals surface area contributed by atoms with Gasteiger partial charge in [0, 0.05) is 36.1 Å². The van der Waals surface area contributed by atoms with Crippen LogP contribution >= 0.6 is 0 Å². The van der Waals surface area contributed by atoms with Gasteiger partial charge in [-0.2, -0.15) is 0 Å². The predicted molar refractivity (Wildman–Crippen MR) is 88.4 cm³/mol. The second-order valence-electron chi connectivity index (χ2n) is 5.94. The monoisotopic (exact) mass is 300 g/mol. The minimum atomic E-state index is -0.854. The number of hydrogen-bond donors (Lipinski definition) is 2. The highest BCUT2D eigenvalue weighted by Crippen LogP contribution is 2.24. The number of aromatic nitrogens is 1. The van der Waals surface area contributed by atoms with Crippen molar-refractivity contribution in [2.75, 3.05) is 0 Å². The van der Waals surface area contributed by atoms with Crippen LogP contribution in [0.2, 0.25) is 0 Å². The molecule has 2 aromatic rings. The van der Waals surface area contributed by atoms with Crippen LogP contribution in [0.15, 0.2) is 30.3 Å². The number of hydrogen-bond acceptors (Lipinski definition) is 2. The van der Waals surface area contributed by atoms with Crippen LogP contribution in [0.1, 0.15) is 46.7 Å². The molecular weight excluding hydrogens is 276 g/mol. The normalized spacial score (nSPS) is 11.1. The molecule has 0 aliphatic heterocycles. The van der Waals surface area contributed by atoms with Crippen molar-refractivity contribution >= 4 is 5.97 Å². The zero-order valence-corrected chi connectivity index (χ0v) is 13.7. The summed E-state index contributed by atoms with van der Waals surface area (Å²) < 4.78 is 2.09. The van der Waals surface area contributed by atoms with Crippen molar-refractivity contribution in [1.82, 2.24) is 9.88 Å². The smallest absolute Gasteiger partial charge is 0.337 e. The second-order valence-corrected chi connectivity index (χ2v) is 5.94. The van der Waals surface area contributed by atoms with Gasteiger partial charge in [-0.1, -0.05) is 44.2 Å². The minimum absolute atomic E-state index is 0.318. The minimum Gasteiger partial charge on any atom is -0.478 e. The summed E-state index contributed by atoms with van der Waals surface area (Å²) in [6, 6.07) is 10.4. The first-order chi connectivity index (χ1) is 10.4. The fraction of sp³-hybridized carbons (Fsp3) is 0.389. The van der Waals surface area contributed by atoms with Gasteiger partial charge in [0.15, 0.2) is 0 Å². The molecule has 118 valence electrons. The standard InChI is InChI=1S/C18H24N2O2/c1-12(2)19-10-16-13(3)20(14(4)17(16)18(21)22)11-15-8-6-5-7-9-15/h5-9,12,19H,10-11H2,1-4H3,(H,21,22). The van der Waals surface area contributed by atoms with Crippen molar-refractivity contribution in [3.8, 4) is 0 Å². The van der Waals surface area contributed by atoms with Crippen LogP contribution in [-0.4, -0.2) is 21.7 Å². The van der Waals surface area contributed by atoms with Crippen LogP contribution < -0.4 is 5.32 Å². The maximum atomic E-state index is 11.7. The Labute approximate surface area is 131 Å². The first-order valence-corrected chi connectivity index (χ1v) is 7.61. The number of carboxylic acid groups (broad SMARTS) is 1. The molecule has 22 heavy (non-hydrogen) atoms. The molecule has 1 aromatic carbocycles. The third-order valence-electron chi connectivity index (χ3n) is 3.99. The first kappa shape index (κ1) is 16.3. The molecule has 4 nitrogen and oxygen atoms in total. The van der Waals surface area contributed by atoms with Crippen molar-refractivity contribution in [3.63, 3.8) is 0 Å². The molecular formula is C18H24N2O2. The van der Waals surface area contributed by atoms with E-state index in [0.717, 1.165) is 17.0 Å². The third kappa shape index (κ3) is 3.39. The van der Waals surface area contributed by atoms with Gasteiger partial charge in [0.25, 0.3) is 0 Å². The molecule has 0 bridgehead atoms. The summed E-state index contributed by atoms with van der Waals surface area (Å²) in [7, 11) is 0. The number of benzene rings is 1. The van der Waals surface area contributed by atoms with Crippen LogP contribution in [-0.2, 0) is 13.1 Å². The Morgan fingerprint density at radius 2 is 1.82 bits per heavy atom. The maximum Gasteiger partial charge on any atom is 0.337 e. The van der Waals surface area contributed by atoms with Crippen LogP contribution in [0.25, 0.3) is 0 Å². The number of carboxylic acids is 1. The largest absolute Gasteiger partial charge is 0.478 e. The van der Waals surface area contributed by atoms with E-state index in [1.807, 2.05) is 32.0 Å². The molecule has 0 radical (unpaired) electrons. The average molecular weight is 300 g/mol. The number of nitrogens with zero attached hydrogens (tertiary/aromatic N) is 1. The molecule has 2 N–H and O–H groups in total. The summed E-state index contributed by atoms with van der Waals surface area (Å²) >= 11 is 0. The summed E-state index contributed by atoms with van der Waals surface area (Å²) in [5.41, 5.74) is 4.32. The van der Waals surface area contributed by atoms with Gasteiger partial charge in [0.2, 0.25) is 0 Å². The van der Waals surface area contributed by atoms with E-state index in [9.17, 15) is 9.90 Å². The quantitative estimate of drug-likeness (QED) is 0.860. The average Bonchev–Trinajstić information content (AvgIpc) is 2.70. The summed E-state index contributed by atoms with van der Waals surface area (Å²) in [6.45, 7) is 9.28. The lowest BCUT2D eigenvalue weighted by molar-refractivity contribution is 0.0694. The molecule has 0 atom stereocenters. The van der Waals surface area contributed by atoms with Gasteiger partial charge >= 0.3 is 5.97 Å². The highest BCUT2D eigenvalue weighted by molar-refractivity contribution is 5.91. The Balaban J connectivity index is 2.42. The van der Waals surface area contributed by atoms with E-state index < -0.39 is 5.97 Å². The zero-order chi connectivity index (χ0) is 16.3. The van der Waals surface area contributed by atoms with Crippen molar-refractivity contribution in [2.45, 2.75) is 46.8 Å². The third-order valence-corrected chi connectivity index (χ3v) is 3.99. The Bertz CT molecular complexity index is 657. The number of aromatic carboxylic acids is 1. The fourth-order valence-electron chi connectivity index (χ4n) is 2.76. The van der Waals surface area contributed by atoms with E-state index in [4.69, 9.17) is 0 Å². The van der Waals surface area contributed by atoms with E-state index in [1.165, 1.54) is 5.56 Å². The molecule has 0 aliphatic rings. The van der Waals surface area contributed by atoms with Crippen molar-refractivity contribution < 1.29 is 9.90 Å². The van der Waals surface area contributed by atoms with Crippen LogP contribution in [0.3, 0.4) is 0 Å². The molecule has 0 amide bonds. The Hall–Kier alpha value is -2.07. The Kier molecular flexibility index (Phi) is 5.03. The second kappa shape index (κ2) is 6.79.